The van der Waals surface area contributed by atoms with Crippen LogP contribution in [0, 0.1) is 11.6 Å². The highest BCUT2D eigenvalue weighted by atomic mass is 19.2. The lowest BCUT2D eigenvalue weighted by Gasteiger charge is -2.14. The summed E-state index contributed by atoms with van der Waals surface area (Å²) in [6, 6.07) is 0.837. The standard InChI is InChI=1S/C10H11F2NO3/c1-15-9-5(8(13)10(14)16-2)3-4-6(11)7(9)12/h3-4,8H,13H2,1-2H3. The van der Waals surface area contributed by atoms with Crippen LogP contribution in [-0.2, 0) is 9.53 Å². The van der Waals surface area contributed by atoms with E-state index in [1.165, 1.54) is 6.07 Å². The Morgan fingerprint density at radius 1 is 1.38 bits per heavy atom. The van der Waals surface area contributed by atoms with Gasteiger partial charge in [0.25, 0.3) is 0 Å². The second-order valence-electron chi connectivity index (χ2n) is 2.98. The summed E-state index contributed by atoms with van der Waals surface area (Å²) in [5.74, 6) is -3.40. The quantitative estimate of drug-likeness (QED) is 0.792. The van der Waals surface area contributed by atoms with Gasteiger partial charge < -0.3 is 15.2 Å². The molecule has 0 aliphatic carbocycles. The predicted molar refractivity (Wildman–Crippen MR) is 51.9 cm³/mol. The molecule has 0 aromatic heterocycles. The number of benzene rings is 1. The van der Waals surface area contributed by atoms with Gasteiger partial charge in [-0.2, -0.15) is 4.39 Å². The Hall–Kier alpha value is -1.69. The van der Waals surface area contributed by atoms with Crippen molar-refractivity contribution in [2.45, 2.75) is 6.04 Å². The van der Waals surface area contributed by atoms with Gasteiger partial charge in [-0.3, -0.25) is 4.79 Å². The summed E-state index contributed by atoms with van der Waals surface area (Å²) in [4.78, 5) is 11.2. The number of methoxy groups -OCH3 is 2. The van der Waals surface area contributed by atoms with Gasteiger partial charge in [0, 0.05) is 5.56 Å². The van der Waals surface area contributed by atoms with Crippen LogP contribution in [0.25, 0.3) is 0 Å². The normalized spacial score (nSPS) is 12.1. The van der Waals surface area contributed by atoms with E-state index in [2.05, 4.69) is 9.47 Å². The fourth-order valence-electron chi connectivity index (χ4n) is 1.25. The molecule has 16 heavy (non-hydrogen) atoms. The lowest BCUT2D eigenvalue weighted by atomic mass is 10.1. The van der Waals surface area contributed by atoms with Gasteiger partial charge in [0.1, 0.15) is 6.04 Å². The molecule has 0 amide bonds. The van der Waals surface area contributed by atoms with Gasteiger partial charge in [-0.25, -0.2) is 4.39 Å². The van der Waals surface area contributed by atoms with Crippen molar-refractivity contribution in [1.29, 1.82) is 0 Å². The van der Waals surface area contributed by atoms with Gasteiger partial charge in [0.05, 0.1) is 14.2 Å². The summed E-state index contributed by atoms with van der Waals surface area (Å²) < 4.78 is 35.2. The topological polar surface area (TPSA) is 61.5 Å². The highest BCUT2D eigenvalue weighted by Gasteiger charge is 2.24. The zero-order valence-corrected chi connectivity index (χ0v) is 8.79. The van der Waals surface area contributed by atoms with Crippen LogP contribution in [0.5, 0.6) is 5.75 Å². The zero-order chi connectivity index (χ0) is 12.3. The molecule has 0 aliphatic rings. The lowest BCUT2D eigenvalue weighted by molar-refractivity contribution is -0.142. The Bertz CT molecular complexity index is 409. The molecule has 0 aliphatic heterocycles. The maximum Gasteiger partial charge on any atom is 0.327 e. The Balaban J connectivity index is 3.23. The van der Waals surface area contributed by atoms with Crippen molar-refractivity contribution in [3.05, 3.63) is 29.3 Å². The number of rotatable bonds is 3. The number of hydrogen-bond acceptors (Lipinski definition) is 4. The van der Waals surface area contributed by atoms with Crippen LogP contribution < -0.4 is 10.5 Å². The highest BCUT2D eigenvalue weighted by Crippen LogP contribution is 2.29. The molecule has 0 saturated carbocycles. The Kier molecular flexibility index (Phi) is 3.78. The Morgan fingerprint density at radius 3 is 2.50 bits per heavy atom. The molecule has 0 spiro atoms. The second kappa shape index (κ2) is 4.89. The van der Waals surface area contributed by atoms with Crippen LogP contribution in [0.2, 0.25) is 0 Å². The van der Waals surface area contributed by atoms with Gasteiger partial charge in [0.15, 0.2) is 11.6 Å². The molecule has 0 radical (unpaired) electrons. The monoisotopic (exact) mass is 231 g/mol. The summed E-state index contributed by atoms with van der Waals surface area (Å²) in [6.07, 6.45) is 0. The molecule has 1 rings (SSSR count). The lowest BCUT2D eigenvalue weighted by Crippen LogP contribution is -2.23. The zero-order valence-electron chi connectivity index (χ0n) is 8.79. The van der Waals surface area contributed by atoms with Crippen LogP contribution >= 0.6 is 0 Å². The summed E-state index contributed by atoms with van der Waals surface area (Å²) in [7, 11) is 2.31. The fourth-order valence-corrected chi connectivity index (χ4v) is 1.25. The molecular weight excluding hydrogens is 220 g/mol. The van der Waals surface area contributed by atoms with Gasteiger partial charge in [-0.05, 0) is 6.07 Å². The third-order valence-electron chi connectivity index (χ3n) is 2.07. The maximum absolute atomic E-state index is 13.3. The van der Waals surface area contributed by atoms with E-state index >= 15 is 0 Å². The minimum absolute atomic E-state index is 0.0354. The molecule has 4 nitrogen and oxygen atoms in total. The fraction of sp³-hybridized carbons (Fsp3) is 0.300. The van der Waals surface area contributed by atoms with E-state index in [9.17, 15) is 13.6 Å². The summed E-state index contributed by atoms with van der Waals surface area (Å²) in [5.41, 5.74) is 5.54. The van der Waals surface area contributed by atoms with Crippen molar-refractivity contribution >= 4 is 5.97 Å². The van der Waals surface area contributed by atoms with Gasteiger partial charge in [0.2, 0.25) is 5.82 Å². The van der Waals surface area contributed by atoms with Gasteiger partial charge in [-0.1, -0.05) is 6.07 Å². The molecular formula is C10H11F2NO3. The average Bonchev–Trinajstić information content (AvgIpc) is 2.30. The number of esters is 1. The number of carbonyl (C=O) groups excluding carboxylic acids is 1. The SMILES string of the molecule is COC(=O)C(N)c1ccc(F)c(F)c1OC. The Labute approximate surface area is 91.0 Å². The largest absolute Gasteiger partial charge is 0.493 e. The minimum Gasteiger partial charge on any atom is -0.493 e. The molecule has 1 aromatic carbocycles. The molecule has 0 saturated heterocycles. The first-order valence-corrected chi connectivity index (χ1v) is 4.38. The van der Waals surface area contributed by atoms with Crippen LogP contribution in [0.15, 0.2) is 12.1 Å². The van der Waals surface area contributed by atoms with Crippen molar-refractivity contribution in [3.8, 4) is 5.75 Å². The van der Waals surface area contributed by atoms with Crippen LogP contribution in [0.3, 0.4) is 0 Å². The molecule has 1 atom stereocenters. The molecule has 0 fully saturated rings. The molecule has 0 heterocycles. The van der Waals surface area contributed by atoms with Crippen molar-refractivity contribution < 1.29 is 23.0 Å². The molecule has 2 N–H and O–H groups in total. The summed E-state index contributed by atoms with van der Waals surface area (Å²) >= 11 is 0. The van der Waals surface area contributed by atoms with E-state index in [1.807, 2.05) is 0 Å². The molecule has 0 bridgehead atoms. The minimum atomic E-state index is -1.21. The summed E-state index contributed by atoms with van der Waals surface area (Å²) in [5, 5.41) is 0. The molecule has 6 heteroatoms. The highest BCUT2D eigenvalue weighted by molar-refractivity contribution is 5.78. The van der Waals surface area contributed by atoms with E-state index in [0.717, 1.165) is 20.3 Å². The third kappa shape index (κ3) is 2.11. The van der Waals surface area contributed by atoms with Crippen molar-refractivity contribution in [3.63, 3.8) is 0 Å². The van der Waals surface area contributed by atoms with E-state index < -0.39 is 29.4 Å². The number of hydrogen-bond donors (Lipinski definition) is 1. The van der Waals surface area contributed by atoms with Crippen molar-refractivity contribution in [2.75, 3.05) is 14.2 Å². The second-order valence-corrected chi connectivity index (χ2v) is 2.98. The van der Waals surface area contributed by atoms with Crippen LogP contribution in [0.1, 0.15) is 11.6 Å². The van der Waals surface area contributed by atoms with E-state index in [1.54, 1.807) is 0 Å². The number of carbonyl (C=O) groups is 1. The van der Waals surface area contributed by atoms with Gasteiger partial charge >= 0.3 is 5.97 Å². The smallest absolute Gasteiger partial charge is 0.327 e. The van der Waals surface area contributed by atoms with Crippen molar-refractivity contribution in [1.82, 2.24) is 0 Å². The van der Waals surface area contributed by atoms with Crippen LogP contribution in [0.4, 0.5) is 8.78 Å². The van der Waals surface area contributed by atoms with Crippen LogP contribution in [-0.4, -0.2) is 20.2 Å². The third-order valence-corrected chi connectivity index (χ3v) is 2.07. The molecule has 88 valence electrons. The Morgan fingerprint density at radius 2 is 2.00 bits per heavy atom. The number of nitrogens with two attached hydrogens (primary N) is 1. The van der Waals surface area contributed by atoms with Gasteiger partial charge in [-0.15, -0.1) is 0 Å². The van der Waals surface area contributed by atoms with E-state index in [-0.39, 0.29) is 5.56 Å². The first-order valence-electron chi connectivity index (χ1n) is 4.38. The van der Waals surface area contributed by atoms with E-state index in [0.29, 0.717) is 0 Å². The molecule has 1 aromatic rings. The van der Waals surface area contributed by atoms with Crippen molar-refractivity contribution in [2.24, 2.45) is 5.73 Å². The molecule has 1 unspecified atom stereocenters. The first-order chi connectivity index (χ1) is 7.52. The number of halogens is 2. The van der Waals surface area contributed by atoms with E-state index in [4.69, 9.17) is 5.73 Å². The number of ether oxygens (including phenoxy) is 2. The predicted octanol–water partition coefficient (Wildman–Crippen LogP) is 1.15. The first kappa shape index (κ1) is 12.4. The maximum atomic E-state index is 13.3. The summed E-state index contributed by atoms with van der Waals surface area (Å²) in [6.45, 7) is 0. The average molecular weight is 231 g/mol.